The van der Waals surface area contributed by atoms with Crippen LogP contribution < -0.4 is 10.6 Å². The topological polar surface area (TPSA) is 66.9 Å². The van der Waals surface area contributed by atoms with Crippen molar-refractivity contribution >= 4 is 44.1 Å². The summed E-state index contributed by atoms with van der Waals surface area (Å²) in [5.41, 5.74) is 0. The van der Waals surface area contributed by atoms with Gasteiger partial charge in [-0.3, -0.25) is 4.21 Å². The van der Waals surface area contributed by atoms with Crippen molar-refractivity contribution < 1.29 is 4.21 Å². The predicted molar refractivity (Wildman–Crippen MR) is 83.6 cm³/mol. The SMILES string of the molecule is CCNc1nc(NCC(C)S(C)=O)c2ccsc2n1. The Hall–Kier alpha value is -1.21. The highest BCUT2D eigenvalue weighted by Crippen LogP contribution is 2.26. The fourth-order valence-corrected chi connectivity index (χ4v) is 2.67. The highest BCUT2D eigenvalue weighted by molar-refractivity contribution is 7.84. The van der Waals surface area contributed by atoms with Gasteiger partial charge in [0.05, 0.1) is 5.39 Å². The summed E-state index contributed by atoms with van der Waals surface area (Å²) in [5, 5.41) is 9.51. The maximum Gasteiger partial charge on any atom is 0.226 e. The van der Waals surface area contributed by atoms with Crippen molar-refractivity contribution in [2.45, 2.75) is 19.1 Å². The molecule has 7 heteroatoms. The Morgan fingerprint density at radius 2 is 2.21 bits per heavy atom. The Labute approximate surface area is 119 Å². The first-order chi connectivity index (χ1) is 9.11. The molecule has 0 amide bonds. The maximum atomic E-state index is 11.4. The highest BCUT2D eigenvalue weighted by Gasteiger charge is 2.11. The molecular weight excluding hydrogens is 280 g/mol. The molecule has 0 aliphatic rings. The second kappa shape index (κ2) is 6.29. The molecule has 0 fully saturated rings. The standard InChI is InChI=1S/C12H18N4OS2/c1-4-13-12-15-10(14-7-8(2)19(3)17)9-5-6-18-11(9)16-12/h5-6,8H,4,7H2,1-3H3,(H2,13,14,15,16). The molecular formula is C12H18N4OS2. The summed E-state index contributed by atoms with van der Waals surface area (Å²) in [7, 11) is -0.836. The normalized spacial score (nSPS) is 14.3. The van der Waals surface area contributed by atoms with Crippen LogP contribution >= 0.6 is 11.3 Å². The number of hydrogen-bond donors (Lipinski definition) is 2. The number of nitrogens with zero attached hydrogens (tertiary/aromatic N) is 2. The summed E-state index contributed by atoms with van der Waals surface area (Å²) in [6, 6.07) is 2.01. The van der Waals surface area contributed by atoms with E-state index in [-0.39, 0.29) is 5.25 Å². The van der Waals surface area contributed by atoms with Gasteiger partial charge in [-0.05, 0) is 25.3 Å². The molecule has 0 spiro atoms. The Morgan fingerprint density at radius 3 is 2.89 bits per heavy atom. The molecule has 2 atom stereocenters. The van der Waals surface area contributed by atoms with Crippen molar-refractivity contribution in [2.75, 3.05) is 30.0 Å². The molecule has 0 saturated heterocycles. The van der Waals surface area contributed by atoms with Crippen LogP contribution in [0, 0.1) is 0 Å². The lowest BCUT2D eigenvalue weighted by molar-refractivity contribution is 0.679. The maximum absolute atomic E-state index is 11.4. The number of thiophene rings is 1. The van der Waals surface area contributed by atoms with Crippen LogP contribution in [0.5, 0.6) is 0 Å². The first-order valence-corrected chi connectivity index (χ1v) is 8.67. The Kier molecular flexibility index (Phi) is 4.71. The molecule has 2 heterocycles. The minimum atomic E-state index is -0.836. The zero-order chi connectivity index (χ0) is 13.8. The molecule has 2 aromatic heterocycles. The van der Waals surface area contributed by atoms with Crippen molar-refractivity contribution in [3.05, 3.63) is 11.4 Å². The molecule has 0 radical (unpaired) electrons. The number of hydrogen-bond acceptors (Lipinski definition) is 6. The van der Waals surface area contributed by atoms with E-state index in [1.165, 1.54) is 0 Å². The van der Waals surface area contributed by atoms with E-state index in [1.807, 2.05) is 25.3 Å². The van der Waals surface area contributed by atoms with Gasteiger partial charge in [0.1, 0.15) is 10.6 Å². The van der Waals surface area contributed by atoms with Gasteiger partial charge >= 0.3 is 0 Å². The van der Waals surface area contributed by atoms with Gasteiger partial charge in [-0.1, -0.05) is 0 Å². The van der Waals surface area contributed by atoms with Crippen molar-refractivity contribution in [3.63, 3.8) is 0 Å². The smallest absolute Gasteiger partial charge is 0.226 e. The molecule has 0 saturated carbocycles. The van der Waals surface area contributed by atoms with Crippen LogP contribution in [0.1, 0.15) is 13.8 Å². The molecule has 0 aliphatic heterocycles. The quantitative estimate of drug-likeness (QED) is 0.856. The van der Waals surface area contributed by atoms with Gasteiger partial charge in [0.25, 0.3) is 0 Å². The molecule has 5 nitrogen and oxygen atoms in total. The van der Waals surface area contributed by atoms with Crippen LogP contribution in [-0.4, -0.2) is 38.8 Å². The highest BCUT2D eigenvalue weighted by atomic mass is 32.2. The summed E-state index contributed by atoms with van der Waals surface area (Å²) in [6.07, 6.45) is 1.72. The number of rotatable bonds is 6. The summed E-state index contributed by atoms with van der Waals surface area (Å²) >= 11 is 1.59. The first-order valence-electron chi connectivity index (χ1n) is 6.17. The third kappa shape index (κ3) is 3.42. The minimum Gasteiger partial charge on any atom is -0.368 e. The predicted octanol–water partition coefficient (Wildman–Crippen LogP) is 2.30. The van der Waals surface area contributed by atoms with Gasteiger partial charge in [0.15, 0.2) is 0 Å². The lowest BCUT2D eigenvalue weighted by Gasteiger charge is -2.12. The molecule has 19 heavy (non-hydrogen) atoms. The summed E-state index contributed by atoms with van der Waals surface area (Å²) < 4.78 is 11.4. The monoisotopic (exact) mass is 298 g/mol. The van der Waals surface area contributed by atoms with Gasteiger partial charge in [-0.25, -0.2) is 4.98 Å². The molecule has 0 aliphatic carbocycles. The van der Waals surface area contributed by atoms with Crippen molar-refractivity contribution in [1.82, 2.24) is 9.97 Å². The van der Waals surface area contributed by atoms with E-state index in [0.29, 0.717) is 12.5 Å². The van der Waals surface area contributed by atoms with E-state index in [4.69, 9.17) is 0 Å². The van der Waals surface area contributed by atoms with E-state index in [0.717, 1.165) is 22.6 Å². The fourth-order valence-electron chi connectivity index (χ4n) is 1.59. The molecule has 0 aromatic carbocycles. The number of anilines is 2. The van der Waals surface area contributed by atoms with Crippen molar-refractivity contribution in [1.29, 1.82) is 0 Å². The molecule has 2 rings (SSSR count). The number of aromatic nitrogens is 2. The lowest BCUT2D eigenvalue weighted by Crippen LogP contribution is -2.21. The Bertz CT molecular complexity index is 584. The van der Waals surface area contributed by atoms with E-state index in [1.54, 1.807) is 17.6 Å². The lowest BCUT2D eigenvalue weighted by atomic mass is 10.3. The zero-order valence-corrected chi connectivity index (χ0v) is 12.9. The van der Waals surface area contributed by atoms with Gasteiger partial charge in [-0.15, -0.1) is 11.3 Å². The molecule has 2 aromatic rings. The van der Waals surface area contributed by atoms with Crippen molar-refractivity contribution in [3.8, 4) is 0 Å². The summed E-state index contributed by atoms with van der Waals surface area (Å²) in [5.74, 6) is 1.43. The van der Waals surface area contributed by atoms with Gasteiger partial charge in [0.2, 0.25) is 5.95 Å². The fraction of sp³-hybridized carbons (Fsp3) is 0.500. The van der Waals surface area contributed by atoms with E-state index in [9.17, 15) is 4.21 Å². The molecule has 0 bridgehead atoms. The number of nitrogens with one attached hydrogen (secondary N) is 2. The van der Waals surface area contributed by atoms with E-state index < -0.39 is 10.8 Å². The minimum absolute atomic E-state index is 0.0891. The summed E-state index contributed by atoms with van der Waals surface area (Å²) in [6.45, 7) is 5.39. The van der Waals surface area contributed by atoms with E-state index in [2.05, 4.69) is 20.6 Å². The summed E-state index contributed by atoms with van der Waals surface area (Å²) in [4.78, 5) is 9.87. The molecule has 104 valence electrons. The Balaban J connectivity index is 2.24. The zero-order valence-electron chi connectivity index (χ0n) is 11.3. The molecule has 2 N–H and O–H groups in total. The van der Waals surface area contributed by atoms with Gasteiger partial charge < -0.3 is 10.6 Å². The van der Waals surface area contributed by atoms with Crippen LogP contribution in [0.15, 0.2) is 11.4 Å². The van der Waals surface area contributed by atoms with Crippen LogP contribution in [0.3, 0.4) is 0 Å². The van der Waals surface area contributed by atoms with Crippen LogP contribution in [0.25, 0.3) is 10.2 Å². The third-order valence-electron chi connectivity index (χ3n) is 2.78. The van der Waals surface area contributed by atoms with E-state index >= 15 is 0 Å². The van der Waals surface area contributed by atoms with Crippen LogP contribution in [0.4, 0.5) is 11.8 Å². The van der Waals surface area contributed by atoms with Crippen LogP contribution in [0.2, 0.25) is 0 Å². The second-order valence-corrected chi connectivity index (χ2v) is 6.95. The third-order valence-corrected chi connectivity index (χ3v) is 4.89. The van der Waals surface area contributed by atoms with Gasteiger partial charge in [0, 0.05) is 35.4 Å². The molecule has 2 unspecified atom stereocenters. The average molecular weight is 298 g/mol. The van der Waals surface area contributed by atoms with Gasteiger partial charge in [-0.2, -0.15) is 4.98 Å². The number of fused-ring (bicyclic) bond motifs is 1. The second-order valence-electron chi connectivity index (χ2n) is 4.26. The average Bonchev–Trinajstić information content (AvgIpc) is 2.84. The van der Waals surface area contributed by atoms with Crippen molar-refractivity contribution in [2.24, 2.45) is 0 Å². The Morgan fingerprint density at radius 1 is 1.42 bits per heavy atom. The first kappa shape index (κ1) is 14.2. The largest absolute Gasteiger partial charge is 0.368 e. The van der Waals surface area contributed by atoms with Crippen LogP contribution in [-0.2, 0) is 10.8 Å².